The van der Waals surface area contributed by atoms with E-state index in [9.17, 15) is 14.7 Å². The first-order chi connectivity index (χ1) is 10.1. The zero-order chi connectivity index (χ0) is 15.2. The molecule has 1 aliphatic heterocycles. The van der Waals surface area contributed by atoms with Crippen molar-refractivity contribution in [1.82, 2.24) is 4.90 Å². The average Bonchev–Trinajstić information content (AvgIpc) is 2.67. The number of carbonyl (C=O) groups excluding carboxylic acids is 2. The summed E-state index contributed by atoms with van der Waals surface area (Å²) in [5.41, 5.74) is 0.668. The lowest BCUT2D eigenvalue weighted by Crippen LogP contribution is -2.39. The number of phenols is 1. The molecule has 1 N–H and O–H groups in total. The van der Waals surface area contributed by atoms with Crippen LogP contribution in [0.4, 0.5) is 0 Å². The van der Waals surface area contributed by atoms with Gasteiger partial charge in [0.25, 0.3) is 0 Å². The number of nitrogens with zero attached hydrogens (tertiary/aromatic N) is 1. The second kappa shape index (κ2) is 7.11. The molecular formula is C16H21NO4. The highest BCUT2D eigenvalue weighted by Gasteiger charge is 2.32. The van der Waals surface area contributed by atoms with Crippen molar-refractivity contribution in [2.75, 3.05) is 13.2 Å². The quantitative estimate of drug-likeness (QED) is 0.865. The third-order valence-electron chi connectivity index (χ3n) is 3.64. The molecule has 1 heterocycles. The molecule has 21 heavy (non-hydrogen) atoms. The standard InChI is InChI=1S/C16H21NO4/c1-2-21-16(20)15(12-7-9-13(18)10-8-12)17-11-5-3-4-6-14(17)19/h7-10,15,18H,2-6,11H2,1H3/t15-/m0/s1. The monoisotopic (exact) mass is 291 g/mol. The van der Waals surface area contributed by atoms with Crippen molar-refractivity contribution in [2.45, 2.75) is 38.6 Å². The van der Waals surface area contributed by atoms with Crippen LogP contribution in [0.15, 0.2) is 24.3 Å². The van der Waals surface area contributed by atoms with E-state index in [1.165, 1.54) is 12.1 Å². The minimum absolute atomic E-state index is 0.0152. The van der Waals surface area contributed by atoms with Crippen molar-refractivity contribution < 1.29 is 19.4 Å². The van der Waals surface area contributed by atoms with Crippen LogP contribution < -0.4 is 0 Å². The van der Waals surface area contributed by atoms with E-state index in [0.29, 0.717) is 18.5 Å². The first-order valence-electron chi connectivity index (χ1n) is 7.38. The molecule has 1 saturated heterocycles. The molecule has 0 saturated carbocycles. The molecule has 5 heteroatoms. The predicted octanol–water partition coefficient (Wildman–Crippen LogP) is 2.40. The van der Waals surface area contributed by atoms with Crippen LogP contribution in [0.5, 0.6) is 5.75 Å². The van der Waals surface area contributed by atoms with Crippen LogP contribution in [-0.4, -0.2) is 35.0 Å². The Labute approximate surface area is 124 Å². The van der Waals surface area contributed by atoms with E-state index in [4.69, 9.17) is 4.74 Å². The van der Waals surface area contributed by atoms with Crippen LogP contribution in [0.2, 0.25) is 0 Å². The Bertz CT molecular complexity index is 498. The smallest absolute Gasteiger partial charge is 0.333 e. The fraction of sp³-hybridized carbons (Fsp3) is 0.500. The van der Waals surface area contributed by atoms with Crippen LogP contribution in [0.1, 0.15) is 44.2 Å². The lowest BCUT2D eigenvalue weighted by molar-refractivity contribution is -0.155. The lowest BCUT2D eigenvalue weighted by atomic mass is 10.0. The van der Waals surface area contributed by atoms with Gasteiger partial charge in [-0.3, -0.25) is 4.79 Å². The fourth-order valence-electron chi connectivity index (χ4n) is 2.60. The second-order valence-electron chi connectivity index (χ2n) is 5.14. The number of likely N-dealkylation sites (tertiary alicyclic amines) is 1. The summed E-state index contributed by atoms with van der Waals surface area (Å²) in [6.07, 6.45) is 3.21. The maximum Gasteiger partial charge on any atom is 0.333 e. The molecule has 1 aliphatic rings. The van der Waals surface area contributed by atoms with Crippen molar-refractivity contribution in [2.24, 2.45) is 0 Å². The summed E-state index contributed by atoms with van der Waals surface area (Å²) in [4.78, 5) is 26.2. The summed E-state index contributed by atoms with van der Waals surface area (Å²) >= 11 is 0. The predicted molar refractivity (Wildman–Crippen MR) is 77.7 cm³/mol. The number of hydrogen-bond donors (Lipinski definition) is 1. The van der Waals surface area contributed by atoms with Crippen LogP contribution in [-0.2, 0) is 14.3 Å². The summed E-state index contributed by atoms with van der Waals surface area (Å²) in [5.74, 6) is -0.305. The minimum atomic E-state index is -0.726. The second-order valence-corrected chi connectivity index (χ2v) is 5.14. The van der Waals surface area contributed by atoms with Crippen LogP contribution in [0.3, 0.4) is 0 Å². The van der Waals surface area contributed by atoms with E-state index < -0.39 is 12.0 Å². The Kier molecular flexibility index (Phi) is 5.20. The number of aromatic hydroxyl groups is 1. The molecule has 0 aromatic heterocycles. The summed E-state index contributed by atoms with van der Waals surface area (Å²) < 4.78 is 5.14. The van der Waals surface area contributed by atoms with Crippen molar-refractivity contribution in [1.29, 1.82) is 0 Å². The number of phenolic OH excluding ortho intramolecular Hbond substituents is 1. The molecular weight excluding hydrogens is 270 g/mol. The van der Waals surface area contributed by atoms with E-state index in [1.807, 2.05) is 0 Å². The van der Waals surface area contributed by atoms with Gasteiger partial charge in [-0.2, -0.15) is 0 Å². The van der Waals surface area contributed by atoms with Crippen LogP contribution in [0.25, 0.3) is 0 Å². The Morgan fingerprint density at radius 3 is 2.67 bits per heavy atom. The average molecular weight is 291 g/mol. The Morgan fingerprint density at radius 1 is 1.29 bits per heavy atom. The summed E-state index contributed by atoms with van der Waals surface area (Å²) in [5, 5.41) is 9.39. The molecule has 1 aromatic carbocycles. The third kappa shape index (κ3) is 3.74. The van der Waals surface area contributed by atoms with Crippen LogP contribution >= 0.6 is 0 Å². The van der Waals surface area contributed by atoms with Gasteiger partial charge >= 0.3 is 5.97 Å². The molecule has 1 amide bonds. The van der Waals surface area contributed by atoms with Crippen molar-refractivity contribution in [3.05, 3.63) is 29.8 Å². The first-order valence-corrected chi connectivity index (χ1v) is 7.38. The Hall–Kier alpha value is -2.04. The number of amides is 1. The van der Waals surface area contributed by atoms with Crippen molar-refractivity contribution in [3.63, 3.8) is 0 Å². The molecule has 0 aliphatic carbocycles. The molecule has 0 bridgehead atoms. The van der Waals surface area contributed by atoms with E-state index in [0.717, 1.165) is 19.3 Å². The molecule has 0 unspecified atom stereocenters. The van der Waals surface area contributed by atoms with Gasteiger partial charge in [0, 0.05) is 13.0 Å². The van der Waals surface area contributed by atoms with Gasteiger partial charge in [-0.05, 0) is 37.5 Å². The number of esters is 1. The summed E-state index contributed by atoms with van der Waals surface area (Å²) in [6, 6.07) is 5.63. The maximum absolute atomic E-state index is 12.3. The Morgan fingerprint density at radius 2 is 2.00 bits per heavy atom. The largest absolute Gasteiger partial charge is 0.508 e. The topological polar surface area (TPSA) is 66.8 Å². The highest BCUT2D eigenvalue weighted by molar-refractivity contribution is 5.85. The molecule has 2 rings (SSSR count). The Balaban J connectivity index is 2.32. The summed E-state index contributed by atoms with van der Waals surface area (Å²) in [7, 11) is 0. The van der Waals surface area contributed by atoms with E-state index >= 15 is 0 Å². The van der Waals surface area contributed by atoms with Gasteiger partial charge in [0.05, 0.1) is 6.61 Å². The zero-order valence-corrected chi connectivity index (χ0v) is 12.2. The van der Waals surface area contributed by atoms with Gasteiger partial charge in [-0.1, -0.05) is 18.6 Å². The number of hydrogen-bond acceptors (Lipinski definition) is 4. The van der Waals surface area contributed by atoms with Crippen LogP contribution in [0, 0.1) is 0 Å². The fourth-order valence-corrected chi connectivity index (χ4v) is 2.60. The van der Waals surface area contributed by atoms with E-state index in [2.05, 4.69) is 0 Å². The molecule has 0 radical (unpaired) electrons. The van der Waals surface area contributed by atoms with Gasteiger partial charge in [0.2, 0.25) is 5.91 Å². The molecule has 114 valence electrons. The van der Waals surface area contributed by atoms with E-state index in [-0.39, 0.29) is 18.3 Å². The van der Waals surface area contributed by atoms with Crippen molar-refractivity contribution >= 4 is 11.9 Å². The highest BCUT2D eigenvalue weighted by atomic mass is 16.5. The van der Waals surface area contributed by atoms with Gasteiger partial charge in [-0.25, -0.2) is 4.79 Å². The number of rotatable bonds is 4. The maximum atomic E-state index is 12.3. The third-order valence-corrected chi connectivity index (χ3v) is 3.64. The molecule has 1 aromatic rings. The zero-order valence-electron chi connectivity index (χ0n) is 12.2. The highest BCUT2D eigenvalue weighted by Crippen LogP contribution is 2.27. The SMILES string of the molecule is CCOC(=O)[C@H](c1ccc(O)cc1)N1CCCCCC1=O. The molecule has 0 spiro atoms. The minimum Gasteiger partial charge on any atom is -0.508 e. The lowest BCUT2D eigenvalue weighted by Gasteiger charge is -2.29. The molecule has 1 fully saturated rings. The van der Waals surface area contributed by atoms with Gasteiger partial charge in [-0.15, -0.1) is 0 Å². The molecule has 5 nitrogen and oxygen atoms in total. The number of ether oxygens (including phenoxy) is 1. The summed E-state index contributed by atoms with van der Waals surface area (Å²) in [6.45, 7) is 2.58. The first kappa shape index (κ1) is 15.4. The van der Waals surface area contributed by atoms with E-state index in [1.54, 1.807) is 24.0 Å². The number of benzene rings is 1. The van der Waals surface area contributed by atoms with Gasteiger partial charge in [0.1, 0.15) is 5.75 Å². The van der Waals surface area contributed by atoms with Crippen molar-refractivity contribution in [3.8, 4) is 5.75 Å². The number of carbonyl (C=O) groups is 2. The molecule has 1 atom stereocenters. The normalized spacial score (nSPS) is 17.2. The van der Waals surface area contributed by atoms with Gasteiger partial charge < -0.3 is 14.7 Å². The van der Waals surface area contributed by atoms with Gasteiger partial charge in [0.15, 0.2) is 6.04 Å².